The van der Waals surface area contributed by atoms with Gasteiger partial charge in [-0.2, -0.15) is 0 Å². The van der Waals surface area contributed by atoms with Gasteiger partial charge in [-0.15, -0.1) is 11.3 Å². The van der Waals surface area contributed by atoms with Gasteiger partial charge < -0.3 is 4.42 Å². The van der Waals surface area contributed by atoms with Gasteiger partial charge in [0.05, 0.1) is 11.2 Å². The Balaban J connectivity index is 2.07. The standard InChI is InChI=1S/C12H11N3OS/c13-15-12(9-6-17-7-14-9)11-5-8-3-1-2-4-10(8)16-11/h1-7,12,15H,13H2. The van der Waals surface area contributed by atoms with E-state index in [-0.39, 0.29) is 6.04 Å². The lowest BCUT2D eigenvalue weighted by atomic mass is 10.1. The molecule has 1 unspecified atom stereocenters. The van der Waals surface area contributed by atoms with Gasteiger partial charge >= 0.3 is 0 Å². The number of hydrazine groups is 1. The molecule has 2 aromatic heterocycles. The number of rotatable bonds is 3. The number of nitrogens with two attached hydrogens (primary N) is 1. The molecule has 1 aromatic carbocycles. The van der Waals surface area contributed by atoms with Crippen molar-refractivity contribution in [3.8, 4) is 0 Å². The monoisotopic (exact) mass is 245 g/mol. The predicted molar refractivity (Wildman–Crippen MR) is 67.5 cm³/mol. The molecule has 0 saturated carbocycles. The number of benzene rings is 1. The minimum atomic E-state index is -0.200. The van der Waals surface area contributed by atoms with Gasteiger partial charge in [0.2, 0.25) is 0 Å². The first-order chi connectivity index (χ1) is 8.38. The highest BCUT2D eigenvalue weighted by Crippen LogP contribution is 2.27. The summed E-state index contributed by atoms with van der Waals surface area (Å²) < 4.78 is 5.77. The van der Waals surface area contributed by atoms with Gasteiger partial charge in [0, 0.05) is 10.8 Å². The van der Waals surface area contributed by atoms with Crippen molar-refractivity contribution in [3.63, 3.8) is 0 Å². The molecule has 17 heavy (non-hydrogen) atoms. The number of hydrogen-bond acceptors (Lipinski definition) is 5. The van der Waals surface area contributed by atoms with Crippen molar-refractivity contribution in [2.24, 2.45) is 5.84 Å². The van der Waals surface area contributed by atoms with Crippen LogP contribution in [0, 0.1) is 0 Å². The van der Waals surface area contributed by atoms with Gasteiger partial charge in [0.25, 0.3) is 0 Å². The Morgan fingerprint density at radius 3 is 2.94 bits per heavy atom. The van der Waals surface area contributed by atoms with E-state index in [0.29, 0.717) is 0 Å². The molecule has 0 saturated heterocycles. The maximum atomic E-state index is 5.77. The highest BCUT2D eigenvalue weighted by atomic mass is 32.1. The average molecular weight is 245 g/mol. The Kier molecular flexibility index (Phi) is 2.64. The lowest BCUT2D eigenvalue weighted by Gasteiger charge is -2.09. The molecule has 0 radical (unpaired) electrons. The van der Waals surface area contributed by atoms with E-state index in [0.717, 1.165) is 22.4 Å². The van der Waals surface area contributed by atoms with E-state index in [2.05, 4.69) is 10.4 Å². The van der Waals surface area contributed by atoms with Crippen LogP contribution in [0.15, 0.2) is 45.6 Å². The second-order valence-corrected chi connectivity index (χ2v) is 4.42. The van der Waals surface area contributed by atoms with Crippen molar-refractivity contribution >= 4 is 22.3 Å². The van der Waals surface area contributed by atoms with Crippen LogP contribution in [0.4, 0.5) is 0 Å². The molecule has 3 N–H and O–H groups in total. The topological polar surface area (TPSA) is 64.1 Å². The first kappa shape index (κ1) is 10.5. The smallest absolute Gasteiger partial charge is 0.134 e. The Bertz CT molecular complexity index is 585. The quantitative estimate of drug-likeness (QED) is 0.549. The molecule has 0 spiro atoms. The van der Waals surface area contributed by atoms with E-state index >= 15 is 0 Å². The molecule has 4 nitrogen and oxygen atoms in total. The summed E-state index contributed by atoms with van der Waals surface area (Å²) in [7, 11) is 0. The summed E-state index contributed by atoms with van der Waals surface area (Å²) in [5.74, 6) is 6.35. The Morgan fingerprint density at radius 1 is 1.35 bits per heavy atom. The van der Waals surface area contributed by atoms with Crippen LogP contribution in [0.3, 0.4) is 0 Å². The van der Waals surface area contributed by atoms with Gasteiger partial charge in [-0.1, -0.05) is 18.2 Å². The summed E-state index contributed by atoms with van der Waals surface area (Å²) in [5, 5.41) is 3.02. The highest BCUT2D eigenvalue weighted by molar-refractivity contribution is 7.07. The molecule has 1 atom stereocenters. The molecule has 0 fully saturated rings. The minimum Gasteiger partial charge on any atom is -0.459 e. The first-order valence-corrected chi connectivity index (χ1v) is 6.15. The maximum Gasteiger partial charge on any atom is 0.134 e. The fourth-order valence-electron chi connectivity index (χ4n) is 1.82. The number of fused-ring (bicyclic) bond motifs is 1. The van der Waals surface area contributed by atoms with Crippen molar-refractivity contribution in [1.82, 2.24) is 10.4 Å². The number of para-hydroxylation sites is 1. The van der Waals surface area contributed by atoms with E-state index in [9.17, 15) is 0 Å². The third-order valence-electron chi connectivity index (χ3n) is 2.64. The van der Waals surface area contributed by atoms with Gasteiger partial charge in [-0.3, -0.25) is 5.84 Å². The van der Waals surface area contributed by atoms with Crippen LogP contribution >= 0.6 is 11.3 Å². The SMILES string of the molecule is NNC(c1cscn1)c1cc2ccccc2o1. The van der Waals surface area contributed by atoms with Crippen molar-refractivity contribution in [2.75, 3.05) is 0 Å². The van der Waals surface area contributed by atoms with Crippen LogP contribution in [0.1, 0.15) is 17.5 Å². The Hall–Kier alpha value is -1.69. The summed E-state index contributed by atoms with van der Waals surface area (Å²) in [5.41, 5.74) is 6.24. The van der Waals surface area contributed by atoms with Gasteiger partial charge in [-0.25, -0.2) is 10.4 Å². The number of nitrogens with one attached hydrogen (secondary N) is 1. The molecule has 5 heteroatoms. The van der Waals surface area contributed by atoms with Crippen molar-refractivity contribution in [1.29, 1.82) is 0 Å². The molecular weight excluding hydrogens is 234 g/mol. The van der Waals surface area contributed by atoms with E-state index in [4.69, 9.17) is 10.3 Å². The molecule has 0 amide bonds. The summed E-state index contributed by atoms with van der Waals surface area (Å²) in [6.07, 6.45) is 0. The first-order valence-electron chi connectivity index (χ1n) is 5.21. The Morgan fingerprint density at radius 2 is 2.24 bits per heavy atom. The summed E-state index contributed by atoms with van der Waals surface area (Å²) in [6, 6.07) is 9.66. The fraction of sp³-hybridized carbons (Fsp3) is 0.0833. The van der Waals surface area contributed by atoms with E-state index in [1.54, 1.807) is 5.51 Å². The number of furan rings is 1. The third kappa shape index (κ3) is 1.84. The molecule has 0 aliphatic heterocycles. The van der Waals surface area contributed by atoms with Crippen molar-refractivity contribution in [3.05, 3.63) is 52.7 Å². The molecule has 0 bridgehead atoms. The van der Waals surface area contributed by atoms with Gasteiger partial charge in [-0.05, 0) is 12.1 Å². The zero-order valence-corrected chi connectivity index (χ0v) is 9.78. The summed E-state index contributed by atoms with van der Waals surface area (Å²) in [4.78, 5) is 4.25. The van der Waals surface area contributed by atoms with Crippen molar-refractivity contribution < 1.29 is 4.42 Å². The lowest BCUT2D eigenvalue weighted by Crippen LogP contribution is -2.28. The average Bonchev–Trinajstić information content (AvgIpc) is 2.98. The largest absolute Gasteiger partial charge is 0.459 e. The second-order valence-electron chi connectivity index (χ2n) is 3.70. The van der Waals surface area contributed by atoms with Crippen LogP contribution in [-0.4, -0.2) is 4.98 Å². The summed E-state index contributed by atoms with van der Waals surface area (Å²) in [6.45, 7) is 0. The zero-order valence-electron chi connectivity index (χ0n) is 8.96. The zero-order chi connectivity index (χ0) is 11.7. The number of thiazole rings is 1. The molecule has 0 aliphatic rings. The van der Waals surface area contributed by atoms with Gasteiger partial charge in [0.15, 0.2) is 0 Å². The van der Waals surface area contributed by atoms with Crippen LogP contribution in [0.5, 0.6) is 0 Å². The number of hydrogen-bond donors (Lipinski definition) is 2. The minimum absolute atomic E-state index is 0.200. The number of aromatic nitrogens is 1. The summed E-state index contributed by atoms with van der Waals surface area (Å²) >= 11 is 1.54. The third-order valence-corrected chi connectivity index (χ3v) is 3.25. The highest BCUT2D eigenvalue weighted by Gasteiger charge is 2.18. The molecule has 86 valence electrons. The van der Waals surface area contributed by atoms with Crippen LogP contribution in [-0.2, 0) is 0 Å². The molecule has 2 heterocycles. The molecule has 3 aromatic rings. The predicted octanol–water partition coefficient (Wildman–Crippen LogP) is 2.44. The second kappa shape index (κ2) is 4.29. The lowest BCUT2D eigenvalue weighted by molar-refractivity contribution is 0.472. The number of nitrogens with zero attached hydrogens (tertiary/aromatic N) is 1. The van der Waals surface area contributed by atoms with Crippen LogP contribution in [0.2, 0.25) is 0 Å². The van der Waals surface area contributed by atoms with E-state index in [1.807, 2.05) is 35.7 Å². The van der Waals surface area contributed by atoms with Gasteiger partial charge in [0.1, 0.15) is 17.4 Å². The van der Waals surface area contributed by atoms with E-state index in [1.165, 1.54) is 11.3 Å². The normalized spacial score (nSPS) is 13.0. The fourth-order valence-corrected chi connectivity index (χ4v) is 2.40. The molecule has 3 rings (SSSR count). The van der Waals surface area contributed by atoms with E-state index < -0.39 is 0 Å². The maximum absolute atomic E-state index is 5.77. The van der Waals surface area contributed by atoms with Crippen molar-refractivity contribution in [2.45, 2.75) is 6.04 Å². The Labute approximate surface area is 102 Å². The van der Waals surface area contributed by atoms with Crippen LogP contribution < -0.4 is 11.3 Å². The molecule has 0 aliphatic carbocycles. The molecular formula is C12H11N3OS. The van der Waals surface area contributed by atoms with Crippen LogP contribution in [0.25, 0.3) is 11.0 Å².